The van der Waals surface area contributed by atoms with E-state index in [0.717, 1.165) is 35.4 Å². The number of hydrogen-bond acceptors (Lipinski definition) is 6. The Labute approximate surface area is 213 Å². The van der Waals surface area contributed by atoms with E-state index in [1.54, 1.807) is 10.8 Å². The fourth-order valence-electron chi connectivity index (χ4n) is 3.52. The standard InChI is InChI=1S/C26H25N3O4S2/c1-2-3-15-33-21-11-9-18(10-12-21)24-19(17-29(27-24)20-7-5-4-6-8-20)16-22-25(32)28(26(34)35-22)14-13-23(30)31/h4-12,16-17H,2-3,13-15H2,1H3,(H,30,31). The number of amides is 1. The molecular weight excluding hydrogens is 482 g/mol. The van der Waals surface area contributed by atoms with Crippen molar-refractivity contribution in [3.63, 3.8) is 0 Å². The van der Waals surface area contributed by atoms with Gasteiger partial charge in [0.25, 0.3) is 5.91 Å². The number of unbranched alkanes of at least 4 members (excludes halogenated alkanes) is 1. The Hall–Kier alpha value is -3.43. The van der Waals surface area contributed by atoms with Crippen LogP contribution in [0, 0.1) is 0 Å². The minimum Gasteiger partial charge on any atom is -0.494 e. The van der Waals surface area contributed by atoms with Crippen LogP contribution in [0.5, 0.6) is 5.75 Å². The van der Waals surface area contributed by atoms with E-state index >= 15 is 0 Å². The molecule has 0 atom stereocenters. The van der Waals surface area contributed by atoms with Gasteiger partial charge >= 0.3 is 5.97 Å². The number of carbonyl (C=O) groups is 2. The van der Waals surface area contributed by atoms with Crippen LogP contribution < -0.4 is 4.74 Å². The summed E-state index contributed by atoms with van der Waals surface area (Å²) in [6.45, 7) is 2.84. The van der Waals surface area contributed by atoms with Crippen LogP contribution >= 0.6 is 24.0 Å². The Morgan fingerprint density at radius 3 is 2.60 bits per heavy atom. The first kappa shape index (κ1) is 24.7. The molecule has 1 fully saturated rings. The SMILES string of the molecule is CCCCOc1ccc(-c2nn(-c3ccccc3)cc2C=C2SC(=S)N(CCC(=O)O)C2=O)cc1. The minimum absolute atomic E-state index is 0.0486. The number of carboxylic acid groups (broad SMARTS) is 1. The minimum atomic E-state index is -0.975. The molecule has 2 heterocycles. The van der Waals surface area contributed by atoms with Gasteiger partial charge in [-0.25, -0.2) is 4.68 Å². The summed E-state index contributed by atoms with van der Waals surface area (Å²) in [5, 5.41) is 13.8. The zero-order valence-electron chi connectivity index (χ0n) is 19.2. The lowest BCUT2D eigenvalue weighted by molar-refractivity contribution is -0.137. The van der Waals surface area contributed by atoms with Crippen LogP contribution in [0.4, 0.5) is 0 Å². The topological polar surface area (TPSA) is 84.7 Å². The van der Waals surface area contributed by atoms with Crippen molar-refractivity contribution in [2.75, 3.05) is 13.2 Å². The first-order valence-corrected chi connectivity index (χ1v) is 12.5. The van der Waals surface area contributed by atoms with E-state index in [1.807, 2.05) is 60.8 Å². The molecule has 0 saturated carbocycles. The van der Waals surface area contributed by atoms with E-state index in [1.165, 1.54) is 16.7 Å². The molecule has 0 spiro atoms. The maximum absolute atomic E-state index is 12.9. The van der Waals surface area contributed by atoms with Crippen molar-refractivity contribution >= 4 is 46.3 Å². The predicted octanol–water partition coefficient (Wildman–Crippen LogP) is 5.39. The predicted molar refractivity (Wildman–Crippen MR) is 142 cm³/mol. The maximum Gasteiger partial charge on any atom is 0.305 e. The summed E-state index contributed by atoms with van der Waals surface area (Å²) in [5.41, 5.74) is 3.24. The Morgan fingerprint density at radius 1 is 1.17 bits per heavy atom. The van der Waals surface area contributed by atoms with Gasteiger partial charge in [-0.05, 0) is 48.9 Å². The molecule has 35 heavy (non-hydrogen) atoms. The van der Waals surface area contributed by atoms with Crippen LogP contribution in [0.3, 0.4) is 0 Å². The lowest BCUT2D eigenvalue weighted by Gasteiger charge is -2.12. The van der Waals surface area contributed by atoms with Crippen LogP contribution in [0.1, 0.15) is 31.7 Å². The second-order valence-corrected chi connectivity index (χ2v) is 9.59. The number of carboxylic acids is 1. The lowest BCUT2D eigenvalue weighted by Crippen LogP contribution is -2.30. The molecule has 7 nitrogen and oxygen atoms in total. The maximum atomic E-state index is 12.9. The van der Waals surface area contributed by atoms with E-state index in [9.17, 15) is 9.59 Å². The second kappa shape index (κ2) is 11.3. The summed E-state index contributed by atoms with van der Waals surface area (Å²) in [5.74, 6) is -0.471. The first-order chi connectivity index (χ1) is 17.0. The van der Waals surface area contributed by atoms with E-state index < -0.39 is 5.97 Å². The summed E-state index contributed by atoms with van der Waals surface area (Å²) in [4.78, 5) is 25.7. The van der Waals surface area contributed by atoms with Crippen molar-refractivity contribution in [3.05, 3.63) is 71.3 Å². The van der Waals surface area contributed by atoms with Crippen LogP contribution in [-0.2, 0) is 9.59 Å². The number of thioether (sulfide) groups is 1. The fraction of sp³-hybridized carbons (Fsp3) is 0.231. The number of thiocarbonyl (C=S) groups is 1. The molecule has 9 heteroatoms. The van der Waals surface area contributed by atoms with E-state index in [2.05, 4.69) is 6.92 Å². The third-order valence-electron chi connectivity index (χ3n) is 5.37. The zero-order chi connectivity index (χ0) is 24.8. The molecule has 180 valence electrons. The quantitative estimate of drug-likeness (QED) is 0.224. The Bertz CT molecular complexity index is 1250. The van der Waals surface area contributed by atoms with Crippen LogP contribution in [-0.4, -0.2) is 49.1 Å². The molecule has 1 N–H and O–H groups in total. The molecule has 0 radical (unpaired) electrons. The summed E-state index contributed by atoms with van der Waals surface area (Å²) >= 11 is 6.50. The van der Waals surface area contributed by atoms with E-state index in [-0.39, 0.29) is 18.9 Å². The van der Waals surface area contributed by atoms with Gasteiger partial charge in [0, 0.05) is 23.9 Å². The Morgan fingerprint density at radius 2 is 1.91 bits per heavy atom. The van der Waals surface area contributed by atoms with Gasteiger partial charge in [0.2, 0.25) is 0 Å². The molecule has 2 aromatic carbocycles. The highest BCUT2D eigenvalue weighted by atomic mass is 32.2. The molecule has 0 bridgehead atoms. The van der Waals surface area contributed by atoms with E-state index in [0.29, 0.717) is 21.5 Å². The number of ether oxygens (including phenoxy) is 1. The first-order valence-electron chi connectivity index (χ1n) is 11.3. The summed E-state index contributed by atoms with van der Waals surface area (Å²) < 4.78 is 7.91. The molecule has 1 aliphatic rings. The number of carbonyl (C=O) groups excluding carboxylic acids is 1. The highest BCUT2D eigenvalue weighted by Gasteiger charge is 2.32. The van der Waals surface area contributed by atoms with Crippen molar-refractivity contribution < 1.29 is 19.4 Å². The molecule has 0 aliphatic carbocycles. The molecule has 0 unspecified atom stereocenters. The highest BCUT2D eigenvalue weighted by molar-refractivity contribution is 8.26. The van der Waals surface area contributed by atoms with Gasteiger partial charge in [-0.15, -0.1) is 0 Å². The van der Waals surface area contributed by atoms with Crippen LogP contribution in [0.2, 0.25) is 0 Å². The number of hydrogen-bond donors (Lipinski definition) is 1. The second-order valence-electron chi connectivity index (χ2n) is 7.92. The van der Waals surface area contributed by atoms with E-state index in [4.69, 9.17) is 27.2 Å². The zero-order valence-corrected chi connectivity index (χ0v) is 20.8. The lowest BCUT2D eigenvalue weighted by atomic mass is 10.1. The van der Waals surface area contributed by atoms with Crippen molar-refractivity contribution in [2.45, 2.75) is 26.2 Å². The number of rotatable bonds is 10. The van der Waals surface area contributed by atoms with Gasteiger partial charge in [-0.2, -0.15) is 5.10 Å². The van der Waals surface area contributed by atoms with Crippen molar-refractivity contribution in [1.29, 1.82) is 0 Å². The van der Waals surface area contributed by atoms with Gasteiger partial charge in [0.15, 0.2) is 0 Å². The fourth-order valence-corrected chi connectivity index (χ4v) is 4.81. The molecule has 1 saturated heterocycles. The molecule has 4 rings (SSSR count). The average molecular weight is 508 g/mol. The van der Waals surface area contributed by atoms with Gasteiger partial charge in [0.05, 0.1) is 29.3 Å². The van der Waals surface area contributed by atoms with Crippen molar-refractivity contribution in [1.82, 2.24) is 14.7 Å². The summed E-state index contributed by atoms with van der Waals surface area (Å²) in [6, 6.07) is 17.5. The molecule has 1 amide bonds. The number of benzene rings is 2. The van der Waals surface area contributed by atoms with Gasteiger partial charge < -0.3 is 9.84 Å². The smallest absolute Gasteiger partial charge is 0.305 e. The number of nitrogens with zero attached hydrogens (tertiary/aromatic N) is 3. The molecule has 1 aromatic heterocycles. The number of para-hydroxylation sites is 1. The highest BCUT2D eigenvalue weighted by Crippen LogP contribution is 2.35. The van der Waals surface area contributed by atoms with Gasteiger partial charge in [-0.1, -0.05) is 55.5 Å². The largest absolute Gasteiger partial charge is 0.494 e. The molecule has 1 aliphatic heterocycles. The third kappa shape index (κ3) is 5.98. The summed E-state index contributed by atoms with van der Waals surface area (Å²) in [7, 11) is 0. The van der Waals surface area contributed by atoms with Crippen molar-refractivity contribution in [2.24, 2.45) is 0 Å². The van der Waals surface area contributed by atoms with Gasteiger partial charge in [-0.3, -0.25) is 14.5 Å². The molecule has 3 aromatic rings. The van der Waals surface area contributed by atoms with Gasteiger partial charge in [0.1, 0.15) is 10.1 Å². The van der Waals surface area contributed by atoms with Crippen molar-refractivity contribution in [3.8, 4) is 22.7 Å². The number of aliphatic carboxylic acids is 1. The van der Waals surface area contributed by atoms with Crippen LogP contribution in [0.25, 0.3) is 23.0 Å². The Kier molecular flexibility index (Phi) is 7.99. The van der Waals surface area contributed by atoms with Crippen LogP contribution in [0.15, 0.2) is 65.7 Å². The number of aromatic nitrogens is 2. The Balaban J connectivity index is 1.67. The summed E-state index contributed by atoms with van der Waals surface area (Å²) in [6.07, 6.45) is 5.55. The average Bonchev–Trinajstić information content (AvgIpc) is 3.39. The molecular formula is C26H25N3O4S2. The monoisotopic (exact) mass is 507 g/mol. The normalized spacial score (nSPS) is 14.7. The third-order valence-corrected chi connectivity index (χ3v) is 6.74.